The van der Waals surface area contributed by atoms with Crippen LogP contribution in [0.3, 0.4) is 0 Å². The average molecular weight is 452 g/mol. The lowest BCUT2D eigenvalue weighted by Crippen LogP contribution is -2.46. The van der Waals surface area contributed by atoms with Gasteiger partial charge in [0.15, 0.2) is 5.96 Å². The lowest BCUT2D eigenvalue weighted by molar-refractivity contribution is 0.298. The summed E-state index contributed by atoms with van der Waals surface area (Å²) in [6.07, 6.45) is 4.96. The Hall–Kier alpha value is -1.64. The number of nitrogens with one attached hydrogen (secondary N) is 2. The second-order valence-corrected chi connectivity index (χ2v) is 6.68. The Bertz CT molecular complexity index is 679. The van der Waals surface area contributed by atoms with Crippen molar-refractivity contribution in [2.75, 3.05) is 20.1 Å². The maximum absolute atomic E-state index is 4.50. The van der Waals surface area contributed by atoms with E-state index in [9.17, 15) is 0 Å². The summed E-state index contributed by atoms with van der Waals surface area (Å²) < 4.78 is 0. The van der Waals surface area contributed by atoms with Crippen LogP contribution >= 0.6 is 24.0 Å². The molecule has 2 unspecified atom stereocenters. The molecule has 1 aromatic carbocycles. The van der Waals surface area contributed by atoms with Crippen molar-refractivity contribution in [3.8, 4) is 0 Å². The third-order valence-corrected chi connectivity index (χ3v) is 5.16. The molecular formula is C18H25IN6. The van der Waals surface area contributed by atoms with Gasteiger partial charge in [-0.1, -0.05) is 30.3 Å². The van der Waals surface area contributed by atoms with E-state index in [0.29, 0.717) is 17.9 Å². The zero-order chi connectivity index (χ0) is 16.4. The first kappa shape index (κ1) is 18.2. The van der Waals surface area contributed by atoms with Crippen LogP contribution in [0.15, 0.2) is 41.7 Å². The van der Waals surface area contributed by atoms with Gasteiger partial charge in [-0.3, -0.25) is 10.1 Å². The monoisotopic (exact) mass is 452 g/mol. The number of likely N-dealkylation sites (tertiary alicyclic amines) is 1. The fraction of sp³-hybridized carbons (Fsp3) is 0.500. The van der Waals surface area contributed by atoms with Gasteiger partial charge in [-0.15, -0.1) is 24.0 Å². The summed E-state index contributed by atoms with van der Waals surface area (Å²) >= 11 is 0. The first-order valence-corrected chi connectivity index (χ1v) is 8.73. The standard InChI is InChI=1S/C18H24N6.HI/c1-19-18(22-16-11-15(16)13-5-3-2-4-6-13)24-9-7-14(8-10-24)17-20-12-21-23-17;/h2-6,12,14-16H,7-11H2,1H3,(H,19,22)(H,20,21,23);1H. The highest BCUT2D eigenvalue weighted by Gasteiger charge is 2.39. The second-order valence-electron chi connectivity index (χ2n) is 6.68. The molecule has 2 atom stereocenters. The Labute approximate surface area is 165 Å². The van der Waals surface area contributed by atoms with Crippen LogP contribution in [0.25, 0.3) is 0 Å². The molecule has 1 aromatic heterocycles. The number of aliphatic imine (C=N–C) groups is 1. The predicted molar refractivity (Wildman–Crippen MR) is 109 cm³/mol. The second kappa shape index (κ2) is 8.16. The Morgan fingerprint density at radius 3 is 2.64 bits per heavy atom. The molecule has 0 radical (unpaired) electrons. The first-order chi connectivity index (χ1) is 11.8. The van der Waals surface area contributed by atoms with Gasteiger partial charge in [0.25, 0.3) is 0 Å². The van der Waals surface area contributed by atoms with Crippen LogP contribution in [0, 0.1) is 0 Å². The summed E-state index contributed by atoms with van der Waals surface area (Å²) in [4.78, 5) is 11.2. The molecule has 0 amide bonds. The number of guanidine groups is 1. The van der Waals surface area contributed by atoms with E-state index in [0.717, 1.165) is 37.7 Å². The SMILES string of the molecule is CN=C(NC1CC1c1ccccc1)N1CCC(c2ncn[nH]2)CC1.I. The zero-order valence-electron chi connectivity index (χ0n) is 14.4. The summed E-state index contributed by atoms with van der Waals surface area (Å²) in [5.41, 5.74) is 1.43. The van der Waals surface area contributed by atoms with Gasteiger partial charge < -0.3 is 10.2 Å². The van der Waals surface area contributed by atoms with Crippen molar-refractivity contribution in [2.45, 2.75) is 37.1 Å². The Morgan fingerprint density at radius 2 is 2.00 bits per heavy atom. The van der Waals surface area contributed by atoms with E-state index in [-0.39, 0.29) is 24.0 Å². The van der Waals surface area contributed by atoms with Crippen LogP contribution in [-0.4, -0.2) is 52.2 Å². The van der Waals surface area contributed by atoms with E-state index in [1.165, 1.54) is 12.0 Å². The van der Waals surface area contributed by atoms with Gasteiger partial charge in [-0.05, 0) is 24.8 Å². The number of aromatic amines is 1. The summed E-state index contributed by atoms with van der Waals surface area (Å²) in [6, 6.07) is 11.3. The molecule has 4 rings (SSSR count). The van der Waals surface area contributed by atoms with Gasteiger partial charge in [0.2, 0.25) is 0 Å². The smallest absolute Gasteiger partial charge is 0.193 e. The van der Waals surface area contributed by atoms with Crippen molar-refractivity contribution in [1.82, 2.24) is 25.4 Å². The van der Waals surface area contributed by atoms with Crippen molar-refractivity contribution < 1.29 is 0 Å². The molecule has 134 valence electrons. The van der Waals surface area contributed by atoms with Crippen LogP contribution in [0.2, 0.25) is 0 Å². The van der Waals surface area contributed by atoms with Crippen molar-refractivity contribution in [3.05, 3.63) is 48.0 Å². The van der Waals surface area contributed by atoms with E-state index < -0.39 is 0 Å². The lowest BCUT2D eigenvalue weighted by Gasteiger charge is -2.33. The quantitative estimate of drug-likeness (QED) is 0.427. The van der Waals surface area contributed by atoms with Gasteiger partial charge in [0.05, 0.1) is 0 Å². The molecule has 1 saturated heterocycles. The highest BCUT2D eigenvalue weighted by molar-refractivity contribution is 14.0. The van der Waals surface area contributed by atoms with E-state index in [4.69, 9.17) is 0 Å². The maximum atomic E-state index is 4.50. The van der Waals surface area contributed by atoms with E-state index in [2.05, 4.69) is 60.7 Å². The number of nitrogens with zero attached hydrogens (tertiary/aromatic N) is 4. The fourth-order valence-electron chi connectivity index (χ4n) is 3.66. The molecule has 2 aliphatic rings. The van der Waals surface area contributed by atoms with Gasteiger partial charge >= 0.3 is 0 Å². The highest BCUT2D eigenvalue weighted by atomic mass is 127. The number of H-pyrrole nitrogens is 1. The third-order valence-electron chi connectivity index (χ3n) is 5.16. The minimum absolute atomic E-state index is 0. The van der Waals surface area contributed by atoms with Gasteiger partial charge in [0, 0.05) is 38.0 Å². The zero-order valence-corrected chi connectivity index (χ0v) is 16.8. The molecule has 1 aliphatic heterocycles. The number of piperidine rings is 1. The molecule has 0 bridgehead atoms. The summed E-state index contributed by atoms with van der Waals surface area (Å²) in [7, 11) is 1.88. The van der Waals surface area contributed by atoms with Crippen molar-refractivity contribution in [1.29, 1.82) is 0 Å². The average Bonchev–Trinajstić information content (AvgIpc) is 3.20. The van der Waals surface area contributed by atoms with Crippen LogP contribution in [0.1, 0.15) is 42.5 Å². The summed E-state index contributed by atoms with van der Waals surface area (Å²) in [6.45, 7) is 2.02. The van der Waals surface area contributed by atoms with Crippen LogP contribution in [-0.2, 0) is 0 Å². The Morgan fingerprint density at radius 1 is 1.24 bits per heavy atom. The van der Waals surface area contributed by atoms with Crippen LogP contribution < -0.4 is 5.32 Å². The van der Waals surface area contributed by atoms with Gasteiger partial charge in [0.1, 0.15) is 12.2 Å². The number of rotatable bonds is 3. The van der Waals surface area contributed by atoms with E-state index in [1.54, 1.807) is 6.33 Å². The summed E-state index contributed by atoms with van der Waals surface area (Å²) in [5, 5.41) is 10.6. The summed E-state index contributed by atoms with van der Waals surface area (Å²) in [5.74, 6) is 3.16. The Kier molecular flexibility index (Phi) is 5.93. The Balaban J connectivity index is 0.00000182. The normalized spacial score (nSPS) is 23.9. The van der Waals surface area contributed by atoms with Crippen LogP contribution in [0.4, 0.5) is 0 Å². The number of aromatic nitrogens is 3. The maximum Gasteiger partial charge on any atom is 0.193 e. The molecule has 25 heavy (non-hydrogen) atoms. The highest BCUT2D eigenvalue weighted by Crippen LogP contribution is 2.40. The molecule has 2 aromatic rings. The topological polar surface area (TPSA) is 69.2 Å². The molecule has 2 N–H and O–H groups in total. The number of halogens is 1. The minimum atomic E-state index is 0. The van der Waals surface area contributed by atoms with E-state index in [1.807, 2.05) is 7.05 Å². The number of hydrogen-bond acceptors (Lipinski definition) is 3. The molecular weight excluding hydrogens is 427 g/mol. The van der Waals surface area contributed by atoms with E-state index >= 15 is 0 Å². The lowest BCUT2D eigenvalue weighted by atomic mass is 9.96. The number of hydrogen-bond donors (Lipinski definition) is 2. The molecule has 2 fully saturated rings. The first-order valence-electron chi connectivity index (χ1n) is 8.73. The minimum Gasteiger partial charge on any atom is -0.353 e. The van der Waals surface area contributed by atoms with Crippen molar-refractivity contribution >= 4 is 29.9 Å². The van der Waals surface area contributed by atoms with Gasteiger partial charge in [-0.2, -0.15) is 5.10 Å². The van der Waals surface area contributed by atoms with Crippen molar-refractivity contribution in [3.63, 3.8) is 0 Å². The molecule has 2 heterocycles. The number of benzene rings is 1. The largest absolute Gasteiger partial charge is 0.353 e. The predicted octanol–water partition coefficient (Wildman–Crippen LogP) is 2.73. The molecule has 1 aliphatic carbocycles. The molecule has 6 nitrogen and oxygen atoms in total. The fourth-order valence-corrected chi connectivity index (χ4v) is 3.66. The van der Waals surface area contributed by atoms with Gasteiger partial charge in [-0.25, -0.2) is 4.98 Å². The van der Waals surface area contributed by atoms with Crippen LogP contribution in [0.5, 0.6) is 0 Å². The molecule has 0 spiro atoms. The molecule has 7 heteroatoms. The molecule has 1 saturated carbocycles. The van der Waals surface area contributed by atoms with Crippen molar-refractivity contribution in [2.24, 2.45) is 4.99 Å². The third kappa shape index (κ3) is 4.13.